The molecule has 0 spiro atoms. The van der Waals surface area contributed by atoms with Crippen LogP contribution in [0.3, 0.4) is 0 Å². The van der Waals surface area contributed by atoms with Crippen molar-refractivity contribution in [3.63, 3.8) is 0 Å². The first kappa shape index (κ1) is 17.5. The fourth-order valence-corrected chi connectivity index (χ4v) is 3.41. The Morgan fingerprint density at radius 2 is 1.89 bits per heavy atom. The van der Waals surface area contributed by atoms with Gasteiger partial charge in [0.1, 0.15) is 5.82 Å². The Bertz CT molecular complexity index is 831. The molecule has 1 N–H and O–H groups in total. The number of rotatable bonds is 4. The van der Waals surface area contributed by atoms with Crippen molar-refractivity contribution in [2.24, 2.45) is 0 Å². The third-order valence-electron chi connectivity index (χ3n) is 4.86. The minimum absolute atomic E-state index is 0.0910. The summed E-state index contributed by atoms with van der Waals surface area (Å²) in [6.07, 6.45) is 2.98. The number of aromatic nitrogens is 1. The number of amides is 2. The van der Waals surface area contributed by atoms with E-state index in [0.717, 1.165) is 31.0 Å². The van der Waals surface area contributed by atoms with Crippen LogP contribution >= 0.6 is 0 Å². The second-order valence-corrected chi connectivity index (χ2v) is 6.62. The number of nitrogens with one attached hydrogen (secondary N) is 1. The number of carbonyl (C=O) groups excluding carboxylic acids is 2. The maximum Gasteiger partial charge on any atom is 0.257 e. The maximum absolute atomic E-state index is 12.7. The Morgan fingerprint density at radius 3 is 2.59 bits per heavy atom. The van der Waals surface area contributed by atoms with Gasteiger partial charge in [-0.1, -0.05) is 12.1 Å². The van der Waals surface area contributed by atoms with E-state index in [2.05, 4.69) is 15.2 Å². The summed E-state index contributed by atoms with van der Waals surface area (Å²) in [6, 6.07) is 11.0. The van der Waals surface area contributed by atoms with E-state index in [0.29, 0.717) is 37.4 Å². The van der Waals surface area contributed by atoms with Crippen molar-refractivity contribution in [2.75, 3.05) is 48.0 Å². The van der Waals surface area contributed by atoms with Crippen molar-refractivity contribution < 1.29 is 14.3 Å². The van der Waals surface area contributed by atoms with E-state index >= 15 is 0 Å². The zero-order valence-corrected chi connectivity index (χ0v) is 15.1. The smallest absolute Gasteiger partial charge is 0.257 e. The lowest BCUT2D eigenvalue weighted by molar-refractivity contribution is -0.117. The normalized spacial score (nSPS) is 17.3. The lowest BCUT2D eigenvalue weighted by atomic mass is 10.2. The zero-order valence-electron chi connectivity index (χ0n) is 15.1. The topological polar surface area (TPSA) is 74.8 Å². The molecule has 7 heteroatoms. The summed E-state index contributed by atoms with van der Waals surface area (Å²) in [5.74, 6) is 0.696. The number of para-hydroxylation sites is 2. The molecule has 2 aliphatic heterocycles. The number of hydrogen-bond acceptors (Lipinski definition) is 5. The molecule has 2 saturated heterocycles. The summed E-state index contributed by atoms with van der Waals surface area (Å²) in [5, 5.41) is 2.92. The molecule has 0 saturated carbocycles. The first-order valence-electron chi connectivity index (χ1n) is 9.22. The molecule has 2 aromatic rings. The number of hydrogen-bond donors (Lipinski definition) is 1. The van der Waals surface area contributed by atoms with E-state index in [1.165, 1.54) is 0 Å². The predicted molar refractivity (Wildman–Crippen MR) is 103 cm³/mol. The van der Waals surface area contributed by atoms with Crippen LogP contribution in [-0.2, 0) is 9.53 Å². The van der Waals surface area contributed by atoms with E-state index in [4.69, 9.17) is 4.74 Å². The molecule has 0 bridgehead atoms. The molecule has 0 radical (unpaired) electrons. The minimum Gasteiger partial charge on any atom is -0.378 e. The molecule has 2 amide bonds. The van der Waals surface area contributed by atoms with Crippen LogP contribution < -0.4 is 15.1 Å². The highest BCUT2D eigenvalue weighted by Crippen LogP contribution is 2.29. The molecule has 2 fully saturated rings. The summed E-state index contributed by atoms with van der Waals surface area (Å²) in [7, 11) is 0. The van der Waals surface area contributed by atoms with Gasteiger partial charge >= 0.3 is 0 Å². The average Bonchev–Trinajstić information content (AvgIpc) is 3.15. The third-order valence-corrected chi connectivity index (χ3v) is 4.86. The molecular weight excluding hydrogens is 344 g/mol. The monoisotopic (exact) mass is 366 g/mol. The van der Waals surface area contributed by atoms with Gasteiger partial charge in [-0.2, -0.15) is 0 Å². The summed E-state index contributed by atoms with van der Waals surface area (Å²) < 4.78 is 5.35. The van der Waals surface area contributed by atoms with Crippen molar-refractivity contribution in [1.82, 2.24) is 4.98 Å². The van der Waals surface area contributed by atoms with Crippen molar-refractivity contribution in [3.8, 4) is 0 Å². The summed E-state index contributed by atoms with van der Waals surface area (Å²) in [6.45, 7) is 3.67. The molecule has 4 rings (SSSR count). The van der Waals surface area contributed by atoms with Crippen molar-refractivity contribution in [3.05, 3.63) is 48.2 Å². The van der Waals surface area contributed by atoms with Crippen LogP contribution in [0.4, 0.5) is 17.2 Å². The number of anilines is 3. The van der Waals surface area contributed by atoms with Crippen LogP contribution in [0.25, 0.3) is 0 Å². The Labute approximate surface area is 157 Å². The van der Waals surface area contributed by atoms with E-state index in [1.54, 1.807) is 17.2 Å². The molecule has 7 nitrogen and oxygen atoms in total. The highest BCUT2D eigenvalue weighted by atomic mass is 16.5. The standard InChI is InChI=1S/C20H22N4O3/c25-19-6-3-9-24(19)17-5-2-1-4-16(17)22-20(26)15-7-8-18(21-14-15)23-10-12-27-13-11-23/h1-2,4-5,7-8,14H,3,6,9-13H2,(H,22,26). The van der Waals surface area contributed by atoms with Crippen LogP contribution in [0.2, 0.25) is 0 Å². The Morgan fingerprint density at radius 1 is 1.07 bits per heavy atom. The first-order chi connectivity index (χ1) is 13.2. The molecule has 3 heterocycles. The Kier molecular flexibility index (Phi) is 5.02. The number of benzene rings is 1. The molecule has 0 unspecified atom stereocenters. The second kappa shape index (κ2) is 7.75. The van der Waals surface area contributed by atoms with Crippen molar-refractivity contribution >= 4 is 29.0 Å². The average molecular weight is 366 g/mol. The summed E-state index contributed by atoms with van der Waals surface area (Å²) in [4.78, 5) is 33.0. The lowest BCUT2D eigenvalue weighted by Crippen LogP contribution is -2.36. The van der Waals surface area contributed by atoms with E-state index in [-0.39, 0.29) is 11.8 Å². The summed E-state index contributed by atoms with van der Waals surface area (Å²) in [5.41, 5.74) is 1.86. The van der Waals surface area contributed by atoms with E-state index in [9.17, 15) is 9.59 Å². The second-order valence-electron chi connectivity index (χ2n) is 6.62. The maximum atomic E-state index is 12.7. The van der Waals surface area contributed by atoms with Gasteiger partial charge in [-0.15, -0.1) is 0 Å². The molecule has 140 valence electrons. The van der Waals surface area contributed by atoms with Crippen molar-refractivity contribution in [2.45, 2.75) is 12.8 Å². The van der Waals surface area contributed by atoms with Crippen LogP contribution in [0.15, 0.2) is 42.6 Å². The Hall–Kier alpha value is -2.93. The van der Waals surface area contributed by atoms with Gasteiger partial charge in [0.15, 0.2) is 0 Å². The van der Waals surface area contributed by atoms with Crippen LogP contribution in [0.5, 0.6) is 0 Å². The SMILES string of the molecule is O=C(Nc1ccccc1N1CCCC1=O)c1ccc(N2CCOCC2)nc1. The van der Waals surface area contributed by atoms with Crippen LogP contribution in [0, 0.1) is 0 Å². The number of carbonyl (C=O) groups is 2. The number of nitrogens with zero attached hydrogens (tertiary/aromatic N) is 3. The molecular formula is C20H22N4O3. The molecule has 0 aliphatic carbocycles. The minimum atomic E-state index is -0.241. The predicted octanol–water partition coefficient (Wildman–Crippen LogP) is 2.30. The third kappa shape index (κ3) is 3.78. The zero-order chi connectivity index (χ0) is 18.6. The van der Waals surface area contributed by atoms with Gasteiger partial charge in [0.25, 0.3) is 5.91 Å². The van der Waals surface area contributed by atoms with Gasteiger partial charge in [-0.3, -0.25) is 9.59 Å². The van der Waals surface area contributed by atoms with Crippen molar-refractivity contribution in [1.29, 1.82) is 0 Å². The van der Waals surface area contributed by atoms with E-state index in [1.807, 2.05) is 30.3 Å². The van der Waals surface area contributed by atoms with Crippen LogP contribution in [-0.4, -0.2) is 49.6 Å². The van der Waals surface area contributed by atoms with Gasteiger partial charge in [0.2, 0.25) is 5.91 Å². The molecule has 27 heavy (non-hydrogen) atoms. The molecule has 0 atom stereocenters. The fraction of sp³-hybridized carbons (Fsp3) is 0.350. The van der Waals surface area contributed by atoms with Gasteiger partial charge in [0, 0.05) is 32.3 Å². The Balaban J connectivity index is 1.49. The highest BCUT2D eigenvalue weighted by molar-refractivity contribution is 6.08. The number of ether oxygens (including phenoxy) is 1. The molecule has 2 aliphatic rings. The lowest BCUT2D eigenvalue weighted by Gasteiger charge is -2.27. The largest absolute Gasteiger partial charge is 0.378 e. The van der Waals surface area contributed by atoms with Crippen LogP contribution in [0.1, 0.15) is 23.2 Å². The molecule has 1 aromatic carbocycles. The molecule has 1 aromatic heterocycles. The number of pyridine rings is 1. The van der Waals surface area contributed by atoms with E-state index < -0.39 is 0 Å². The van der Waals surface area contributed by atoms with Gasteiger partial charge < -0.3 is 19.9 Å². The quantitative estimate of drug-likeness (QED) is 0.899. The van der Waals surface area contributed by atoms with Gasteiger partial charge in [0.05, 0.1) is 30.2 Å². The van der Waals surface area contributed by atoms with Gasteiger partial charge in [-0.05, 0) is 30.7 Å². The fourth-order valence-electron chi connectivity index (χ4n) is 3.41. The first-order valence-corrected chi connectivity index (χ1v) is 9.22. The number of morpholine rings is 1. The van der Waals surface area contributed by atoms with Gasteiger partial charge in [-0.25, -0.2) is 4.98 Å². The highest BCUT2D eigenvalue weighted by Gasteiger charge is 2.24. The summed E-state index contributed by atoms with van der Waals surface area (Å²) >= 11 is 0.